The van der Waals surface area contributed by atoms with Gasteiger partial charge in [-0.25, -0.2) is 0 Å². The Balaban J connectivity index is 2.05. The number of nitrogens with zero attached hydrogens (tertiary/aromatic N) is 2. The van der Waals surface area contributed by atoms with E-state index in [1.807, 2.05) is 35.1 Å². The van der Waals surface area contributed by atoms with Gasteiger partial charge in [-0.05, 0) is 17.7 Å². The molecule has 0 aliphatic heterocycles. The van der Waals surface area contributed by atoms with E-state index in [1.54, 1.807) is 13.3 Å². The topological polar surface area (TPSA) is 47.3 Å². The number of rotatable bonds is 3. The molecule has 2 aromatic rings. The monoisotopic (exact) mass is 242 g/mol. The fourth-order valence-electron chi connectivity index (χ4n) is 1.56. The Morgan fingerprint density at radius 3 is 2.72 bits per heavy atom. The molecule has 4 nitrogen and oxygen atoms in total. The molecule has 0 saturated heterocycles. The number of aliphatic hydroxyl groups excluding tert-OH is 1. The number of methoxy groups -OCH3 is 1. The molecule has 0 amide bonds. The minimum absolute atomic E-state index is 0.116. The summed E-state index contributed by atoms with van der Waals surface area (Å²) in [4.78, 5) is 0. The molecule has 18 heavy (non-hydrogen) atoms. The Hall–Kier alpha value is -2.25. The van der Waals surface area contributed by atoms with Crippen molar-refractivity contribution >= 4 is 0 Å². The van der Waals surface area contributed by atoms with E-state index in [0.29, 0.717) is 6.54 Å². The first-order chi connectivity index (χ1) is 8.81. The molecule has 0 atom stereocenters. The first-order valence-corrected chi connectivity index (χ1v) is 5.57. The van der Waals surface area contributed by atoms with Crippen LogP contribution in [0, 0.1) is 11.8 Å². The van der Waals surface area contributed by atoms with Crippen molar-refractivity contribution in [2.75, 3.05) is 13.7 Å². The molecule has 1 N–H and O–H groups in total. The van der Waals surface area contributed by atoms with E-state index in [0.717, 1.165) is 16.9 Å². The first kappa shape index (κ1) is 12.2. The van der Waals surface area contributed by atoms with Crippen LogP contribution in [0.3, 0.4) is 0 Å². The van der Waals surface area contributed by atoms with Crippen molar-refractivity contribution in [3.05, 3.63) is 47.8 Å². The highest BCUT2D eigenvalue weighted by molar-refractivity contribution is 5.36. The molecular formula is C14H14N2O2. The van der Waals surface area contributed by atoms with Gasteiger partial charge in [0, 0.05) is 5.56 Å². The van der Waals surface area contributed by atoms with Gasteiger partial charge in [0.1, 0.15) is 6.61 Å². The Morgan fingerprint density at radius 2 is 2.11 bits per heavy atom. The maximum absolute atomic E-state index is 8.61. The summed E-state index contributed by atoms with van der Waals surface area (Å²) in [6.45, 7) is 0.575. The normalized spacial score (nSPS) is 9.67. The summed E-state index contributed by atoms with van der Waals surface area (Å²) in [6, 6.07) is 7.85. The number of ether oxygens (including phenoxy) is 1. The van der Waals surface area contributed by atoms with E-state index < -0.39 is 0 Å². The molecule has 4 heteroatoms. The smallest absolute Gasteiger partial charge is 0.156 e. The van der Waals surface area contributed by atoms with Crippen LogP contribution in [0.15, 0.2) is 36.7 Å². The first-order valence-electron chi connectivity index (χ1n) is 5.57. The number of hydrogen-bond acceptors (Lipinski definition) is 3. The van der Waals surface area contributed by atoms with Gasteiger partial charge in [0.05, 0.1) is 26.0 Å². The summed E-state index contributed by atoms with van der Waals surface area (Å²) in [5.74, 6) is 6.22. The summed E-state index contributed by atoms with van der Waals surface area (Å²) in [7, 11) is 1.62. The lowest BCUT2D eigenvalue weighted by Gasteiger charge is -2.01. The lowest BCUT2D eigenvalue weighted by Crippen LogP contribution is -1.99. The van der Waals surface area contributed by atoms with E-state index in [-0.39, 0.29) is 6.61 Å². The zero-order valence-corrected chi connectivity index (χ0v) is 10.1. The molecule has 1 heterocycles. The highest BCUT2D eigenvalue weighted by Crippen LogP contribution is 2.10. The number of benzene rings is 1. The van der Waals surface area contributed by atoms with Crippen LogP contribution in [0.25, 0.3) is 0 Å². The molecule has 92 valence electrons. The van der Waals surface area contributed by atoms with Gasteiger partial charge in [0.15, 0.2) is 5.75 Å². The Morgan fingerprint density at radius 1 is 1.33 bits per heavy atom. The quantitative estimate of drug-likeness (QED) is 0.825. The van der Waals surface area contributed by atoms with Crippen molar-refractivity contribution in [3.63, 3.8) is 0 Å². The standard InChI is InChI=1S/C14H14N2O2/c1-18-14-9-15-16(11-14)10-13-6-4-12(5-7-13)3-2-8-17/h4-7,9,11,17H,8,10H2,1H3. The van der Waals surface area contributed by atoms with Gasteiger partial charge in [-0.2, -0.15) is 5.10 Å². The number of hydrogen-bond donors (Lipinski definition) is 1. The zero-order chi connectivity index (χ0) is 12.8. The Bertz CT molecular complexity index is 561. The summed E-state index contributed by atoms with van der Waals surface area (Å²) >= 11 is 0. The van der Waals surface area contributed by atoms with Gasteiger partial charge in [-0.1, -0.05) is 24.0 Å². The van der Waals surface area contributed by atoms with Gasteiger partial charge < -0.3 is 9.84 Å². The average Bonchev–Trinajstić information content (AvgIpc) is 2.86. The van der Waals surface area contributed by atoms with E-state index in [9.17, 15) is 0 Å². The van der Waals surface area contributed by atoms with Crippen molar-refractivity contribution in [3.8, 4) is 17.6 Å². The summed E-state index contributed by atoms with van der Waals surface area (Å²) in [5.41, 5.74) is 2.03. The summed E-state index contributed by atoms with van der Waals surface area (Å²) < 4.78 is 6.88. The molecule has 2 rings (SSSR count). The maximum Gasteiger partial charge on any atom is 0.156 e. The molecule has 0 aliphatic carbocycles. The summed E-state index contributed by atoms with van der Waals surface area (Å²) in [6.07, 6.45) is 3.53. The molecule has 0 saturated carbocycles. The Labute approximate surface area is 106 Å². The van der Waals surface area contributed by atoms with Gasteiger partial charge in [-0.15, -0.1) is 0 Å². The van der Waals surface area contributed by atoms with Gasteiger partial charge >= 0.3 is 0 Å². The molecule has 0 bridgehead atoms. The second kappa shape index (κ2) is 5.89. The van der Waals surface area contributed by atoms with E-state index in [4.69, 9.17) is 9.84 Å². The SMILES string of the molecule is COc1cnn(Cc2ccc(C#CCO)cc2)c1. The van der Waals surface area contributed by atoms with Crippen molar-refractivity contribution in [1.82, 2.24) is 9.78 Å². The van der Waals surface area contributed by atoms with Crippen LogP contribution in [-0.4, -0.2) is 28.6 Å². The van der Waals surface area contributed by atoms with Crippen LogP contribution in [-0.2, 0) is 6.54 Å². The van der Waals surface area contributed by atoms with Crippen molar-refractivity contribution in [2.24, 2.45) is 0 Å². The highest BCUT2D eigenvalue weighted by atomic mass is 16.5. The lowest BCUT2D eigenvalue weighted by molar-refractivity contribution is 0.350. The third-order valence-electron chi connectivity index (χ3n) is 2.46. The molecule has 0 fully saturated rings. The number of aliphatic hydroxyl groups is 1. The molecule has 0 aliphatic rings. The van der Waals surface area contributed by atoms with Crippen LogP contribution in [0.4, 0.5) is 0 Å². The predicted octanol–water partition coefficient (Wildman–Crippen LogP) is 1.28. The molecule has 1 aromatic carbocycles. The van der Waals surface area contributed by atoms with E-state index in [1.165, 1.54) is 0 Å². The molecule has 0 radical (unpaired) electrons. The van der Waals surface area contributed by atoms with Gasteiger partial charge in [-0.3, -0.25) is 4.68 Å². The van der Waals surface area contributed by atoms with Crippen molar-refractivity contribution in [1.29, 1.82) is 0 Å². The van der Waals surface area contributed by atoms with Crippen molar-refractivity contribution < 1.29 is 9.84 Å². The summed E-state index contributed by atoms with van der Waals surface area (Å²) in [5, 5.41) is 12.8. The largest absolute Gasteiger partial charge is 0.493 e. The van der Waals surface area contributed by atoms with E-state index in [2.05, 4.69) is 16.9 Å². The van der Waals surface area contributed by atoms with Gasteiger partial charge in [0.2, 0.25) is 0 Å². The van der Waals surface area contributed by atoms with E-state index >= 15 is 0 Å². The van der Waals surface area contributed by atoms with Crippen LogP contribution in [0.1, 0.15) is 11.1 Å². The lowest BCUT2D eigenvalue weighted by atomic mass is 10.1. The van der Waals surface area contributed by atoms with Gasteiger partial charge in [0.25, 0.3) is 0 Å². The molecule has 0 unspecified atom stereocenters. The zero-order valence-electron chi connectivity index (χ0n) is 10.1. The second-order valence-corrected chi connectivity index (χ2v) is 3.73. The fourth-order valence-corrected chi connectivity index (χ4v) is 1.56. The molecule has 0 spiro atoms. The van der Waals surface area contributed by atoms with Crippen molar-refractivity contribution in [2.45, 2.75) is 6.54 Å². The van der Waals surface area contributed by atoms with Crippen LogP contribution in [0.5, 0.6) is 5.75 Å². The number of aromatic nitrogens is 2. The van der Waals surface area contributed by atoms with Crippen LogP contribution >= 0.6 is 0 Å². The van der Waals surface area contributed by atoms with Crippen LogP contribution in [0.2, 0.25) is 0 Å². The maximum atomic E-state index is 8.61. The fraction of sp³-hybridized carbons (Fsp3) is 0.214. The third-order valence-corrected chi connectivity index (χ3v) is 2.46. The predicted molar refractivity (Wildman–Crippen MR) is 68.3 cm³/mol. The minimum Gasteiger partial charge on any atom is -0.493 e. The Kier molecular flexibility index (Phi) is 4.00. The average molecular weight is 242 g/mol. The van der Waals surface area contributed by atoms with Crippen LogP contribution < -0.4 is 4.74 Å². The highest BCUT2D eigenvalue weighted by Gasteiger charge is 1.99. The third kappa shape index (κ3) is 3.12. The minimum atomic E-state index is -0.116. The molecular weight excluding hydrogens is 228 g/mol. The second-order valence-electron chi connectivity index (χ2n) is 3.73. The molecule has 1 aromatic heterocycles.